The van der Waals surface area contributed by atoms with Gasteiger partial charge in [-0.2, -0.15) is 26.3 Å². The van der Waals surface area contributed by atoms with Gasteiger partial charge in [0.2, 0.25) is 0 Å². The van der Waals surface area contributed by atoms with E-state index in [0.717, 1.165) is 0 Å². The first-order valence-corrected chi connectivity index (χ1v) is 10.9. The molecule has 5 nitrogen and oxygen atoms in total. The van der Waals surface area contributed by atoms with E-state index in [-0.39, 0.29) is 30.3 Å². The Bertz CT molecular complexity index is 681. The summed E-state index contributed by atoms with van der Waals surface area (Å²) in [6.45, 7) is 5.29. The fraction of sp³-hybridized carbons (Fsp3) is 0.952. The maximum absolute atomic E-state index is 14.1. The minimum absolute atomic E-state index is 0.0316. The van der Waals surface area contributed by atoms with E-state index in [4.69, 9.17) is 4.74 Å². The van der Waals surface area contributed by atoms with Crippen LogP contribution in [0.4, 0.5) is 26.3 Å². The van der Waals surface area contributed by atoms with Crippen molar-refractivity contribution < 1.29 is 50.5 Å². The Kier molecular flexibility index (Phi) is 6.88. The van der Waals surface area contributed by atoms with E-state index in [1.807, 2.05) is 13.8 Å². The van der Waals surface area contributed by atoms with Gasteiger partial charge in [0.05, 0.1) is 6.10 Å². The largest absolute Gasteiger partial charge is 0.434 e. The number of hydrogen-bond acceptors (Lipinski definition) is 5. The minimum Gasteiger partial charge on any atom is -0.434 e. The molecule has 3 rings (SSSR count). The lowest BCUT2D eigenvalue weighted by Gasteiger charge is -2.43. The predicted molar refractivity (Wildman–Crippen MR) is 99.0 cm³/mol. The van der Waals surface area contributed by atoms with Gasteiger partial charge in [-0.25, -0.2) is 4.79 Å². The van der Waals surface area contributed by atoms with E-state index < -0.39 is 67.1 Å². The molecule has 0 aromatic heterocycles. The molecule has 9 unspecified atom stereocenters. The van der Waals surface area contributed by atoms with Crippen LogP contribution in [0.2, 0.25) is 0 Å². The molecule has 186 valence electrons. The second-order valence-corrected chi connectivity index (χ2v) is 9.39. The maximum Gasteiger partial charge on any atom is 0.426 e. The van der Waals surface area contributed by atoms with E-state index in [1.165, 1.54) is 6.92 Å². The quantitative estimate of drug-likeness (QED) is 0.337. The van der Waals surface area contributed by atoms with Crippen LogP contribution in [-0.2, 0) is 19.0 Å². The Hall–Kier alpha value is -1.07. The molecule has 2 bridgehead atoms. The van der Waals surface area contributed by atoms with Gasteiger partial charge in [-0.05, 0) is 62.2 Å². The number of rotatable bonds is 7. The summed E-state index contributed by atoms with van der Waals surface area (Å²) in [7, 11) is 0. The number of esters is 1. The van der Waals surface area contributed by atoms with Gasteiger partial charge in [-0.3, -0.25) is 0 Å². The third kappa shape index (κ3) is 3.91. The van der Waals surface area contributed by atoms with Crippen LogP contribution < -0.4 is 0 Å². The maximum atomic E-state index is 14.1. The molecule has 3 fully saturated rings. The van der Waals surface area contributed by atoms with Gasteiger partial charge in [-0.15, -0.1) is 0 Å². The van der Waals surface area contributed by atoms with Crippen molar-refractivity contribution in [1.29, 1.82) is 0 Å². The first-order chi connectivity index (χ1) is 14.7. The minimum atomic E-state index is -5.91. The van der Waals surface area contributed by atoms with Crippen LogP contribution in [-0.4, -0.2) is 54.6 Å². The molecule has 0 radical (unpaired) electrons. The number of hydrogen-bond donors (Lipinski definition) is 1. The molecule has 3 saturated carbocycles. The van der Waals surface area contributed by atoms with E-state index in [0.29, 0.717) is 6.42 Å². The summed E-state index contributed by atoms with van der Waals surface area (Å²) in [5.41, 5.74) is -4.68. The number of aliphatic hydroxyl groups is 1. The lowest BCUT2D eigenvalue weighted by molar-refractivity contribution is -0.401. The fourth-order valence-electron chi connectivity index (χ4n) is 6.66. The monoisotopic (exact) mass is 476 g/mol. The SMILES string of the molecule is CCOC(C)OC(=O)COC(C1CC2C3CC(C(C)C3C)C2C1O)(C(F)(F)F)C(F)(F)F. The molecule has 0 saturated heterocycles. The molecule has 3 aliphatic rings. The summed E-state index contributed by atoms with van der Waals surface area (Å²) in [6, 6.07) is 0. The topological polar surface area (TPSA) is 65.0 Å². The van der Waals surface area contributed by atoms with Gasteiger partial charge < -0.3 is 19.3 Å². The second kappa shape index (κ2) is 8.61. The standard InChI is InChI=1S/C21H30F6O5/c1-5-30-11(4)32-16(28)8-31-19(20(22,23)24,21(25,26)27)15-7-14-12-6-13(10(3)9(12)2)17(14)18(15)29/h9-15,17-18,29H,5-8H2,1-4H3. The highest BCUT2D eigenvalue weighted by Crippen LogP contribution is 2.67. The summed E-state index contributed by atoms with van der Waals surface area (Å²) in [5.74, 6) is -4.66. The normalized spacial score (nSPS) is 38.1. The van der Waals surface area contributed by atoms with Crippen LogP contribution in [0.5, 0.6) is 0 Å². The van der Waals surface area contributed by atoms with Gasteiger partial charge in [0, 0.05) is 12.5 Å². The van der Waals surface area contributed by atoms with Crippen molar-refractivity contribution in [2.45, 2.75) is 70.9 Å². The first kappa shape index (κ1) is 25.6. The van der Waals surface area contributed by atoms with Gasteiger partial charge >= 0.3 is 18.3 Å². The Morgan fingerprint density at radius 2 is 1.56 bits per heavy atom. The summed E-state index contributed by atoms with van der Waals surface area (Å²) < 4.78 is 98.8. The van der Waals surface area contributed by atoms with E-state index in [2.05, 4.69) is 9.47 Å². The van der Waals surface area contributed by atoms with Crippen LogP contribution in [0.1, 0.15) is 40.5 Å². The molecule has 3 aliphatic carbocycles. The number of aliphatic hydroxyl groups excluding tert-OH is 1. The van der Waals surface area contributed by atoms with Crippen LogP contribution in [0.15, 0.2) is 0 Å². The first-order valence-electron chi connectivity index (χ1n) is 10.9. The van der Waals surface area contributed by atoms with Crippen molar-refractivity contribution in [1.82, 2.24) is 0 Å². The summed E-state index contributed by atoms with van der Waals surface area (Å²) in [5, 5.41) is 10.8. The van der Waals surface area contributed by atoms with Crippen molar-refractivity contribution in [3.63, 3.8) is 0 Å². The van der Waals surface area contributed by atoms with Crippen molar-refractivity contribution >= 4 is 5.97 Å². The van der Waals surface area contributed by atoms with Gasteiger partial charge in [-0.1, -0.05) is 13.8 Å². The van der Waals surface area contributed by atoms with Crippen LogP contribution in [0.25, 0.3) is 0 Å². The molecule has 0 spiro atoms. The molecule has 0 amide bonds. The van der Waals surface area contributed by atoms with Crippen molar-refractivity contribution in [3.8, 4) is 0 Å². The van der Waals surface area contributed by atoms with E-state index in [9.17, 15) is 36.2 Å². The van der Waals surface area contributed by atoms with Gasteiger partial charge in [0.15, 0.2) is 6.29 Å². The van der Waals surface area contributed by atoms with Crippen molar-refractivity contribution in [3.05, 3.63) is 0 Å². The highest BCUT2D eigenvalue weighted by atomic mass is 19.4. The summed E-state index contributed by atoms with van der Waals surface area (Å²) >= 11 is 0. The molecule has 11 heteroatoms. The van der Waals surface area contributed by atoms with Gasteiger partial charge in [0.25, 0.3) is 5.60 Å². The highest BCUT2D eigenvalue weighted by Gasteiger charge is 2.79. The Morgan fingerprint density at radius 1 is 1.00 bits per heavy atom. The zero-order chi connectivity index (χ0) is 24.2. The number of fused-ring (bicyclic) bond motifs is 5. The molecule has 32 heavy (non-hydrogen) atoms. The Morgan fingerprint density at radius 3 is 2.09 bits per heavy atom. The third-order valence-corrected chi connectivity index (χ3v) is 8.08. The van der Waals surface area contributed by atoms with Crippen molar-refractivity contribution in [2.75, 3.05) is 13.2 Å². The Labute approximate surface area is 182 Å². The molecule has 0 aromatic rings. The zero-order valence-corrected chi connectivity index (χ0v) is 18.4. The van der Waals surface area contributed by atoms with Crippen LogP contribution in [0.3, 0.4) is 0 Å². The fourth-order valence-corrected chi connectivity index (χ4v) is 6.66. The Balaban J connectivity index is 1.90. The number of halogens is 6. The third-order valence-electron chi connectivity index (χ3n) is 8.08. The average molecular weight is 476 g/mol. The number of carbonyl (C=O) groups is 1. The smallest absolute Gasteiger partial charge is 0.426 e. The predicted octanol–water partition coefficient (Wildman–Crippen LogP) is 4.33. The van der Waals surface area contributed by atoms with Crippen molar-refractivity contribution in [2.24, 2.45) is 41.4 Å². The zero-order valence-electron chi connectivity index (χ0n) is 18.4. The molecule has 0 aromatic carbocycles. The van der Waals surface area contributed by atoms with Crippen LogP contribution in [0, 0.1) is 41.4 Å². The summed E-state index contributed by atoms with van der Waals surface area (Å²) in [4.78, 5) is 11.9. The number of ether oxygens (including phenoxy) is 3. The van der Waals surface area contributed by atoms with Gasteiger partial charge in [0.1, 0.15) is 6.61 Å². The molecule has 1 N–H and O–H groups in total. The second-order valence-electron chi connectivity index (χ2n) is 9.39. The summed E-state index contributed by atoms with van der Waals surface area (Å²) in [6.07, 6.45) is -14.6. The molecular formula is C21H30F6O5. The average Bonchev–Trinajstić information content (AvgIpc) is 3.26. The molecule has 0 heterocycles. The molecule has 0 aliphatic heterocycles. The molecular weight excluding hydrogens is 446 g/mol. The van der Waals surface area contributed by atoms with E-state index >= 15 is 0 Å². The lowest BCUT2D eigenvalue weighted by Crippen LogP contribution is -2.65. The van der Waals surface area contributed by atoms with Crippen LogP contribution >= 0.6 is 0 Å². The molecule has 9 atom stereocenters. The lowest BCUT2D eigenvalue weighted by atomic mass is 9.70. The number of carbonyl (C=O) groups excluding carboxylic acids is 1. The number of alkyl halides is 6. The van der Waals surface area contributed by atoms with E-state index in [1.54, 1.807) is 6.92 Å². The highest BCUT2D eigenvalue weighted by molar-refractivity contribution is 5.70.